The summed E-state index contributed by atoms with van der Waals surface area (Å²) < 4.78 is 40.5. The van der Waals surface area contributed by atoms with E-state index in [-0.39, 0.29) is 23.1 Å². The average Bonchev–Trinajstić information content (AvgIpc) is 2.61. The Bertz CT molecular complexity index is 766. The van der Waals surface area contributed by atoms with E-state index >= 15 is 0 Å². The van der Waals surface area contributed by atoms with Crippen molar-refractivity contribution in [3.63, 3.8) is 0 Å². The van der Waals surface area contributed by atoms with Gasteiger partial charge in [-0.1, -0.05) is 24.3 Å². The molecule has 1 aliphatic rings. The summed E-state index contributed by atoms with van der Waals surface area (Å²) in [6.45, 7) is -2.60. The Balaban J connectivity index is 1.87. The highest BCUT2D eigenvalue weighted by Gasteiger charge is 2.26. The molecule has 0 saturated heterocycles. The second kappa shape index (κ2) is 7.38. The van der Waals surface area contributed by atoms with E-state index in [4.69, 9.17) is 9.47 Å². The summed E-state index contributed by atoms with van der Waals surface area (Å²) in [5.41, 5.74) is 0.838. The summed E-state index contributed by atoms with van der Waals surface area (Å²) in [5, 5.41) is 2.86. The molecular weight excluding hydrogens is 332 g/mol. The van der Waals surface area contributed by atoms with Gasteiger partial charge in [0.25, 0.3) is 5.91 Å². The molecule has 0 radical (unpaired) electrons. The number of nitrogens with one attached hydrogen (secondary N) is 1. The van der Waals surface area contributed by atoms with Gasteiger partial charge in [0, 0.05) is 12.0 Å². The van der Waals surface area contributed by atoms with Crippen LogP contribution < -0.4 is 19.5 Å². The largest absolute Gasteiger partial charge is 0.493 e. The molecular formula is C18H17F2NO4. The summed E-state index contributed by atoms with van der Waals surface area (Å²) in [6.07, 6.45) is 0.581. The highest BCUT2D eigenvalue weighted by molar-refractivity contribution is 5.98. The molecule has 1 amide bonds. The number of halogens is 2. The normalized spacial score (nSPS) is 15.9. The molecule has 3 rings (SSSR count). The van der Waals surface area contributed by atoms with Crippen LogP contribution in [-0.4, -0.2) is 26.2 Å². The number of carbonyl (C=O) groups is 1. The molecule has 7 heteroatoms. The highest BCUT2D eigenvalue weighted by Crippen LogP contribution is 2.35. The van der Waals surface area contributed by atoms with Crippen molar-refractivity contribution in [2.75, 3.05) is 13.7 Å². The molecule has 2 aromatic rings. The smallest absolute Gasteiger partial charge is 0.387 e. The Labute approximate surface area is 143 Å². The Kier molecular flexibility index (Phi) is 5.02. The molecule has 0 spiro atoms. The van der Waals surface area contributed by atoms with Crippen molar-refractivity contribution in [1.82, 2.24) is 5.32 Å². The minimum atomic E-state index is -3.06. The van der Waals surface area contributed by atoms with Gasteiger partial charge in [-0.15, -0.1) is 0 Å². The van der Waals surface area contributed by atoms with E-state index in [1.165, 1.54) is 19.2 Å². The van der Waals surface area contributed by atoms with Crippen molar-refractivity contribution in [3.05, 3.63) is 53.6 Å². The van der Waals surface area contributed by atoms with E-state index in [1.54, 1.807) is 6.07 Å². The Morgan fingerprint density at radius 2 is 2.04 bits per heavy atom. The lowest BCUT2D eigenvalue weighted by Gasteiger charge is -2.27. The number of alkyl halides is 2. The Hall–Kier alpha value is -2.83. The first-order valence-corrected chi connectivity index (χ1v) is 7.74. The van der Waals surface area contributed by atoms with E-state index in [9.17, 15) is 13.6 Å². The number of fused-ring (bicyclic) bond motifs is 1. The standard InChI is InChI=1S/C18H17F2NO4/c1-23-15-8-4-6-12(16(15)25-18(19)20)17(22)21-13-9-10-24-14-7-3-2-5-11(13)14/h2-8,13,18H,9-10H2,1H3,(H,21,22)/t13-/m1/s1. The second-order valence-electron chi connectivity index (χ2n) is 5.42. The SMILES string of the molecule is COc1cccc(C(=O)N[C@@H]2CCOc3ccccc32)c1OC(F)F. The Morgan fingerprint density at radius 3 is 2.80 bits per heavy atom. The number of para-hydroxylation sites is 2. The maximum atomic E-state index is 12.7. The van der Waals surface area contributed by atoms with Crippen LogP contribution in [0.1, 0.15) is 28.4 Å². The molecule has 0 aromatic heterocycles. The second-order valence-corrected chi connectivity index (χ2v) is 5.42. The molecule has 5 nitrogen and oxygen atoms in total. The molecule has 1 N–H and O–H groups in total. The molecule has 1 atom stereocenters. The number of benzene rings is 2. The zero-order chi connectivity index (χ0) is 17.8. The topological polar surface area (TPSA) is 56.8 Å². The van der Waals surface area contributed by atoms with Crippen molar-refractivity contribution in [1.29, 1.82) is 0 Å². The lowest BCUT2D eigenvalue weighted by atomic mass is 10.00. The monoisotopic (exact) mass is 349 g/mol. The van der Waals surface area contributed by atoms with E-state index in [0.29, 0.717) is 18.8 Å². The average molecular weight is 349 g/mol. The molecule has 0 saturated carbocycles. The van der Waals surface area contributed by atoms with E-state index in [0.717, 1.165) is 5.56 Å². The third kappa shape index (κ3) is 3.65. The van der Waals surface area contributed by atoms with Crippen LogP contribution in [0.15, 0.2) is 42.5 Å². The third-order valence-corrected chi connectivity index (χ3v) is 3.91. The molecule has 0 aliphatic carbocycles. The van der Waals surface area contributed by atoms with Gasteiger partial charge < -0.3 is 19.5 Å². The molecule has 0 unspecified atom stereocenters. The fourth-order valence-corrected chi connectivity index (χ4v) is 2.79. The van der Waals surface area contributed by atoms with Crippen LogP contribution in [0.2, 0.25) is 0 Å². The molecule has 0 fully saturated rings. The number of carbonyl (C=O) groups excluding carboxylic acids is 1. The van der Waals surface area contributed by atoms with Gasteiger partial charge in [0.05, 0.1) is 25.3 Å². The van der Waals surface area contributed by atoms with Crippen LogP contribution in [0.4, 0.5) is 8.78 Å². The van der Waals surface area contributed by atoms with E-state index in [1.807, 2.05) is 24.3 Å². The van der Waals surface area contributed by atoms with Crippen molar-refractivity contribution in [3.8, 4) is 17.2 Å². The maximum absolute atomic E-state index is 12.7. The first-order valence-electron chi connectivity index (χ1n) is 7.74. The van der Waals surface area contributed by atoms with Crippen LogP contribution in [-0.2, 0) is 0 Å². The first-order chi connectivity index (χ1) is 12.1. The van der Waals surface area contributed by atoms with Crippen molar-refractivity contribution in [2.45, 2.75) is 19.1 Å². The van der Waals surface area contributed by atoms with Crippen molar-refractivity contribution < 1.29 is 27.8 Å². The summed E-state index contributed by atoms with van der Waals surface area (Å²) >= 11 is 0. The molecule has 1 aliphatic heterocycles. The van der Waals surface area contributed by atoms with Crippen LogP contribution >= 0.6 is 0 Å². The third-order valence-electron chi connectivity index (χ3n) is 3.91. The highest BCUT2D eigenvalue weighted by atomic mass is 19.3. The van der Waals surface area contributed by atoms with Gasteiger partial charge in [0.2, 0.25) is 0 Å². The fraction of sp³-hybridized carbons (Fsp3) is 0.278. The maximum Gasteiger partial charge on any atom is 0.387 e. The van der Waals surface area contributed by atoms with Crippen LogP contribution in [0, 0.1) is 0 Å². The molecule has 132 valence electrons. The lowest BCUT2D eigenvalue weighted by molar-refractivity contribution is -0.0515. The number of hydrogen-bond donors (Lipinski definition) is 1. The minimum absolute atomic E-state index is 0.0105. The van der Waals surface area contributed by atoms with Gasteiger partial charge in [0.15, 0.2) is 11.5 Å². The number of hydrogen-bond acceptors (Lipinski definition) is 4. The summed E-state index contributed by atoms with van der Waals surface area (Å²) in [4.78, 5) is 12.7. The Morgan fingerprint density at radius 1 is 1.24 bits per heavy atom. The number of rotatable bonds is 5. The van der Waals surface area contributed by atoms with Crippen molar-refractivity contribution in [2.24, 2.45) is 0 Å². The van der Waals surface area contributed by atoms with Gasteiger partial charge in [-0.3, -0.25) is 4.79 Å². The van der Waals surface area contributed by atoms with Gasteiger partial charge >= 0.3 is 6.61 Å². The fourth-order valence-electron chi connectivity index (χ4n) is 2.79. The van der Waals surface area contributed by atoms with Crippen LogP contribution in [0.25, 0.3) is 0 Å². The van der Waals surface area contributed by atoms with Gasteiger partial charge in [0.1, 0.15) is 5.75 Å². The van der Waals surface area contributed by atoms with Crippen LogP contribution in [0.3, 0.4) is 0 Å². The minimum Gasteiger partial charge on any atom is -0.493 e. The quantitative estimate of drug-likeness (QED) is 0.897. The van der Waals surface area contributed by atoms with E-state index < -0.39 is 12.5 Å². The zero-order valence-electron chi connectivity index (χ0n) is 13.5. The summed E-state index contributed by atoms with van der Waals surface area (Å²) in [6, 6.07) is 11.5. The molecule has 2 aromatic carbocycles. The number of amides is 1. The van der Waals surface area contributed by atoms with Gasteiger partial charge in [-0.05, 0) is 18.2 Å². The predicted molar refractivity (Wildman–Crippen MR) is 86.4 cm³/mol. The van der Waals surface area contributed by atoms with Gasteiger partial charge in [-0.25, -0.2) is 0 Å². The summed E-state index contributed by atoms with van der Waals surface area (Å²) in [5.74, 6) is -0.0248. The lowest BCUT2D eigenvalue weighted by Crippen LogP contribution is -2.32. The number of methoxy groups -OCH3 is 1. The van der Waals surface area contributed by atoms with E-state index in [2.05, 4.69) is 10.1 Å². The van der Waals surface area contributed by atoms with Crippen LogP contribution in [0.5, 0.6) is 17.2 Å². The summed E-state index contributed by atoms with van der Waals surface area (Å²) in [7, 11) is 1.32. The molecule has 25 heavy (non-hydrogen) atoms. The van der Waals surface area contributed by atoms with Crippen molar-refractivity contribution >= 4 is 5.91 Å². The molecule has 0 bridgehead atoms. The first kappa shape index (κ1) is 17.0. The predicted octanol–water partition coefficient (Wildman–Crippen LogP) is 3.55. The zero-order valence-corrected chi connectivity index (χ0v) is 13.5. The number of ether oxygens (including phenoxy) is 3. The molecule has 1 heterocycles. The van der Waals surface area contributed by atoms with Gasteiger partial charge in [-0.2, -0.15) is 8.78 Å².